The van der Waals surface area contributed by atoms with Crippen LogP contribution < -0.4 is 5.32 Å². The Labute approximate surface area is 89.1 Å². The van der Waals surface area contributed by atoms with Crippen LogP contribution in [0.25, 0.3) is 0 Å². The van der Waals surface area contributed by atoms with Crippen LogP contribution in [0.4, 0.5) is 0 Å². The first-order valence-electron chi connectivity index (χ1n) is 6.11. The molecule has 14 heavy (non-hydrogen) atoms. The second kappa shape index (κ2) is 6.41. The van der Waals surface area contributed by atoms with Gasteiger partial charge in [0.1, 0.15) is 0 Å². The van der Waals surface area contributed by atoms with Crippen LogP contribution in [0.1, 0.15) is 33.6 Å². The molecule has 0 aromatic rings. The van der Waals surface area contributed by atoms with E-state index in [0.717, 1.165) is 18.4 Å². The minimum atomic E-state index is 0.779. The van der Waals surface area contributed by atoms with Gasteiger partial charge in [-0.2, -0.15) is 0 Å². The highest BCUT2D eigenvalue weighted by molar-refractivity contribution is 4.72. The molecule has 0 saturated carbocycles. The van der Waals surface area contributed by atoms with Crippen molar-refractivity contribution in [3.63, 3.8) is 0 Å². The van der Waals surface area contributed by atoms with Gasteiger partial charge in [0.05, 0.1) is 0 Å². The molecule has 0 aromatic carbocycles. The lowest BCUT2D eigenvalue weighted by Crippen LogP contribution is -2.27. The van der Waals surface area contributed by atoms with Crippen molar-refractivity contribution in [1.82, 2.24) is 10.2 Å². The second-order valence-electron chi connectivity index (χ2n) is 5.15. The summed E-state index contributed by atoms with van der Waals surface area (Å²) in [7, 11) is 0. The van der Waals surface area contributed by atoms with E-state index >= 15 is 0 Å². The molecule has 1 unspecified atom stereocenters. The molecule has 2 heteroatoms. The van der Waals surface area contributed by atoms with Crippen LogP contribution in [0.2, 0.25) is 0 Å². The molecule has 0 aromatic heterocycles. The smallest absolute Gasteiger partial charge is 0.000750 e. The van der Waals surface area contributed by atoms with Crippen molar-refractivity contribution in [2.45, 2.75) is 33.6 Å². The lowest BCUT2D eigenvalue weighted by Gasteiger charge is -2.15. The Morgan fingerprint density at radius 3 is 2.79 bits per heavy atom. The summed E-state index contributed by atoms with van der Waals surface area (Å²) in [5.41, 5.74) is 0. The predicted octanol–water partition coefficient (Wildman–Crippen LogP) is 1.96. The van der Waals surface area contributed by atoms with E-state index in [1.165, 1.54) is 39.0 Å². The Morgan fingerprint density at radius 2 is 2.21 bits per heavy atom. The van der Waals surface area contributed by atoms with E-state index in [-0.39, 0.29) is 0 Å². The van der Waals surface area contributed by atoms with Gasteiger partial charge in [0, 0.05) is 6.54 Å². The number of nitrogens with zero attached hydrogens (tertiary/aromatic N) is 1. The molecule has 1 saturated heterocycles. The van der Waals surface area contributed by atoms with Crippen LogP contribution in [0.5, 0.6) is 0 Å². The largest absolute Gasteiger partial charge is 0.316 e. The van der Waals surface area contributed by atoms with Gasteiger partial charge in [-0.05, 0) is 50.9 Å². The fraction of sp³-hybridized carbons (Fsp3) is 1.00. The van der Waals surface area contributed by atoms with Gasteiger partial charge < -0.3 is 10.2 Å². The highest BCUT2D eigenvalue weighted by atomic mass is 15.1. The van der Waals surface area contributed by atoms with E-state index in [9.17, 15) is 0 Å². The fourth-order valence-corrected chi connectivity index (χ4v) is 2.05. The van der Waals surface area contributed by atoms with Crippen molar-refractivity contribution in [3.05, 3.63) is 0 Å². The zero-order chi connectivity index (χ0) is 10.4. The molecule has 1 N–H and O–H groups in total. The highest BCUT2D eigenvalue weighted by Crippen LogP contribution is 2.14. The van der Waals surface area contributed by atoms with E-state index in [4.69, 9.17) is 0 Å². The SMILES string of the molecule is CC(C)CNCCCN1CCC(C)C1. The Bertz CT molecular complexity index is 145. The summed E-state index contributed by atoms with van der Waals surface area (Å²) >= 11 is 0. The van der Waals surface area contributed by atoms with Crippen LogP contribution in [0, 0.1) is 11.8 Å². The topological polar surface area (TPSA) is 15.3 Å². The molecule has 0 radical (unpaired) electrons. The first kappa shape index (κ1) is 12.0. The summed E-state index contributed by atoms with van der Waals surface area (Å²) in [6, 6.07) is 0. The number of rotatable bonds is 6. The molecule has 1 heterocycles. The molecule has 0 amide bonds. The monoisotopic (exact) mass is 198 g/mol. The van der Waals surface area contributed by atoms with Gasteiger partial charge in [-0.3, -0.25) is 0 Å². The number of likely N-dealkylation sites (tertiary alicyclic amines) is 1. The van der Waals surface area contributed by atoms with Crippen LogP contribution in [0.3, 0.4) is 0 Å². The van der Waals surface area contributed by atoms with Crippen LogP contribution >= 0.6 is 0 Å². The zero-order valence-corrected chi connectivity index (χ0v) is 10.1. The van der Waals surface area contributed by atoms with Gasteiger partial charge in [-0.15, -0.1) is 0 Å². The predicted molar refractivity (Wildman–Crippen MR) is 62.5 cm³/mol. The summed E-state index contributed by atoms with van der Waals surface area (Å²) in [5.74, 6) is 1.71. The Hall–Kier alpha value is -0.0800. The Kier molecular flexibility index (Phi) is 5.49. The van der Waals surface area contributed by atoms with Gasteiger partial charge in [-0.1, -0.05) is 20.8 Å². The molecule has 1 aliphatic rings. The number of hydrogen-bond acceptors (Lipinski definition) is 2. The third-order valence-electron chi connectivity index (χ3n) is 2.89. The summed E-state index contributed by atoms with van der Waals surface area (Å²) in [5, 5.41) is 3.49. The summed E-state index contributed by atoms with van der Waals surface area (Å²) in [6.07, 6.45) is 2.71. The molecule has 1 aliphatic heterocycles. The van der Waals surface area contributed by atoms with Crippen molar-refractivity contribution in [1.29, 1.82) is 0 Å². The summed E-state index contributed by atoms with van der Waals surface area (Å²) in [4.78, 5) is 2.60. The van der Waals surface area contributed by atoms with Crippen molar-refractivity contribution >= 4 is 0 Å². The third kappa shape index (κ3) is 4.97. The number of nitrogens with one attached hydrogen (secondary N) is 1. The summed E-state index contributed by atoms with van der Waals surface area (Å²) in [6.45, 7) is 13.2. The molecule has 1 fully saturated rings. The average molecular weight is 198 g/mol. The maximum absolute atomic E-state index is 3.49. The minimum absolute atomic E-state index is 0.779. The number of hydrogen-bond donors (Lipinski definition) is 1. The van der Waals surface area contributed by atoms with E-state index in [0.29, 0.717) is 0 Å². The van der Waals surface area contributed by atoms with Gasteiger partial charge >= 0.3 is 0 Å². The molecule has 0 aliphatic carbocycles. The van der Waals surface area contributed by atoms with Gasteiger partial charge in [0.15, 0.2) is 0 Å². The van der Waals surface area contributed by atoms with Crippen molar-refractivity contribution in [3.8, 4) is 0 Å². The van der Waals surface area contributed by atoms with Crippen LogP contribution in [-0.4, -0.2) is 37.6 Å². The lowest BCUT2D eigenvalue weighted by atomic mass is 10.2. The van der Waals surface area contributed by atoms with Crippen LogP contribution in [0.15, 0.2) is 0 Å². The molecular weight excluding hydrogens is 172 g/mol. The van der Waals surface area contributed by atoms with Crippen molar-refractivity contribution in [2.75, 3.05) is 32.7 Å². The molecule has 1 atom stereocenters. The maximum atomic E-state index is 3.49. The highest BCUT2D eigenvalue weighted by Gasteiger charge is 2.17. The molecule has 84 valence electrons. The normalized spacial score (nSPS) is 23.6. The van der Waals surface area contributed by atoms with E-state index < -0.39 is 0 Å². The molecule has 2 nitrogen and oxygen atoms in total. The molecule has 1 rings (SSSR count). The molecular formula is C12H26N2. The van der Waals surface area contributed by atoms with E-state index in [1.54, 1.807) is 0 Å². The standard InChI is InChI=1S/C12H26N2/c1-11(2)9-13-6-4-7-14-8-5-12(3)10-14/h11-13H,4-10H2,1-3H3. The zero-order valence-electron chi connectivity index (χ0n) is 10.1. The van der Waals surface area contributed by atoms with Crippen molar-refractivity contribution < 1.29 is 0 Å². The van der Waals surface area contributed by atoms with E-state index in [1.807, 2.05) is 0 Å². The lowest BCUT2D eigenvalue weighted by molar-refractivity contribution is 0.320. The minimum Gasteiger partial charge on any atom is -0.316 e. The first-order valence-corrected chi connectivity index (χ1v) is 6.11. The molecule has 0 spiro atoms. The quantitative estimate of drug-likeness (QED) is 0.656. The third-order valence-corrected chi connectivity index (χ3v) is 2.89. The van der Waals surface area contributed by atoms with Crippen LogP contribution in [-0.2, 0) is 0 Å². The summed E-state index contributed by atoms with van der Waals surface area (Å²) < 4.78 is 0. The second-order valence-corrected chi connectivity index (χ2v) is 5.15. The first-order chi connectivity index (χ1) is 6.68. The average Bonchev–Trinajstić information content (AvgIpc) is 2.50. The van der Waals surface area contributed by atoms with Gasteiger partial charge in [0.2, 0.25) is 0 Å². The fourth-order valence-electron chi connectivity index (χ4n) is 2.05. The maximum Gasteiger partial charge on any atom is 0.000750 e. The Morgan fingerprint density at radius 1 is 1.43 bits per heavy atom. The van der Waals surface area contributed by atoms with Crippen molar-refractivity contribution in [2.24, 2.45) is 11.8 Å². The van der Waals surface area contributed by atoms with Gasteiger partial charge in [0.25, 0.3) is 0 Å². The van der Waals surface area contributed by atoms with E-state index in [2.05, 4.69) is 31.0 Å². The Balaban J connectivity index is 1.89. The van der Waals surface area contributed by atoms with Gasteiger partial charge in [-0.25, -0.2) is 0 Å². The molecule has 0 bridgehead atoms.